The predicted octanol–water partition coefficient (Wildman–Crippen LogP) is 5.40. The molecule has 0 aliphatic rings. The largest absolute Gasteiger partial charge is 0.355 e. The maximum atomic E-state index is 13.8. The first-order valence-corrected chi connectivity index (χ1v) is 14.0. The van der Waals surface area contributed by atoms with Crippen LogP contribution < -0.4 is 9.62 Å². The fraction of sp³-hybridized carbons (Fsp3) is 0.231. The monoisotopic (exact) mass is 581 g/mol. The number of anilines is 1. The molecule has 0 saturated carbocycles. The number of hydrogen-bond donors (Lipinski definition) is 1. The van der Waals surface area contributed by atoms with Crippen molar-refractivity contribution in [1.82, 2.24) is 10.2 Å². The number of sulfonamides is 1. The molecule has 1 N–H and O–H groups in total. The van der Waals surface area contributed by atoms with Crippen LogP contribution in [0, 0.1) is 0 Å². The summed E-state index contributed by atoms with van der Waals surface area (Å²) in [5.41, 5.74) is 0.760. The van der Waals surface area contributed by atoms with E-state index in [9.17, 15) is 18.0 Å². The van der Waals surface area contributed by atoms with Gasteiger partial charge in [0.25, 0.3) is 10.0 Å². The van der Waals surface area contributed by atoms with Gasteiger partial charge in [0, 0.05) is 18.1 Å². The molecule has 37 heavy (non-hydrogen) atoms. The van der Waals surface area contributed by atoms with Gasteiger partial charge in [-0.25, -0.2) is 8.42 Å². The van der Waals surface area contributed by atoms with Crippen LogP contribution in [-0.4, -0.2) is 44.3 Å². The molecule has 3 aromatic carbocycles. The highest BCUT2D eigenvalue weighted by Crippen LogP contribution is 2.35. The van der Waals surface area contributed by atoms with E-state index in [1.807, 2.05) is 0 Å². The quantitative estimate of drug-likeness (QED) is 0.347. The summed E-state index contributed by atoms with van der Waals surface area (Å²) in [5, 5.41) is 3.35. The molecule has 0 spiro atoms. The second-order valence-corrected chi connectivity index (χ2v) is 11.2. The molecule has 1 atom stereocenters. The molecule has 0 bridgehead atoms. The van der Waals surface area contributed by atoms with Gasteiger partial charge in [-0.3, -0.25) is 13.9 Å². The van der Waals surface area contributed by atoms with Crippen LogP contribution in [0.25, 0.3) is 0 Å². The Kier molecular flexibility index (Phi) is 9.84. The topological polar surface area (TPSA) is 86.8 Å². The second kappa shape index (κ2) is 12.6. The van der Waals surface area contributed by atoms with E-state index in [1.165, 1.54) is 29.2 Å². The molecule has 0 heterocycles. The smallest absolute Gasteiger partial charge is 0.264 e. The molecule has 0 fully saturated rings. The highest BCUT2D eigenvalue weighted by atomic mass is 35.5. The molecular weight excluding hydrogens is 557 g/mol. The Balaban J connectivity index is 2.06. The Hall–Kier alpha value is -2.78. The van der Waals surface area contributed by atoms with E-state index in [0.29, 0.717) is 17.1 Å². The van der Waals surface area contributed by atoms with Crippen molar-refractivity contribution < 1.29 is 18.0 Å². The molecule has 0 radical (unpaired) electrons. The normalized spacial score (nSPS) is 12.0. The number of nitrogens with one attached hydrogen (secondary N) is 1. The van der Waals surface area contributed by atoms with E-state index in [1.54, 1.807) is 62.4 Å². The van der Waals surface area contributed by atoms with Gasteiger partial charge in [0.15, 0.2) is 0 Å². The molecule has 11 heteroatoms. The number of carbonyl (C=O) groups is 2. The third kappa shape index (κ3) is 6.96. The summed E-state index contributed by atoms with van der Waals surface area (Å²) in [7, 11) is -4.23. The summed E-state index contributed by atoms with van der Waals surface area (Å²) in [6.45, 7) is 3.16. The van der Waals surface area contributed by atoms with Crippen LogP contribution in [0.4, 0.5) is 5.69 Å². The Bertz CT molecular complexity index is 1350. The van der Waals surface area contributed by atoms with Gasteiger partial charge in [0.05, 0.1) is 20.6 Å². The number of halogens is 3. The van der Waals surface area contributed by atoms with Gasteiger partial charge in [0.1, 0.15) is 12.6 Å². The SMILES string of the molecule is CCNC(=O)C(C)N(Cc1ccc(Cl)cc1)C(=O)CN(c1cccc(Cl)c1Cl)S(=O)(=O)c1ccccc1. The summed E-state index contributed by atoms with van der Waals surface area (Å²) >= 11 is 18.6. The molecule has 3 aromatic rings. The van der Waals surface area contributed by atoms with Crippen molar-refractivity contribution in [1.29, 1.82) is 0 Å². The van der Waals surface area contributed by atoms with Gasteiger partial charge in [0.2, 0.25) is 11.8 Å². The van der Waals surface area contributed by atoms with Crippen LogP contribution in [0.5, 0.6) is 0 Å². The maximum Gasteiger partial charge on any atom is 0.264 e. The lowest BCUT2D eigenvalue weighted by Gasteiger charge is -2.32. The minimum atomic E-state index is -4.23. The number of rotatable bonds is 10. The van der Waals surface area contributed by atoms with Crippen LogP contribution in [-0.2, 0) is 26.2 Å². The van der Waals surface area contributed by atoms with Crippen LogP contribution in [0.3, 0.4) is 0 Å². The Morgan fingerprint density at radius 2 is 1.57 bits per heavy atom. The summed E-state index contributed by atoms with van der Waals surface area (Å²) < 4.78 is 28.3. The Morgan fingerprint density at radius 1 is 0.919 bits per heavy atom. The average Bonchev–Trinajstić information content (AvgIpc) is 2.88. The van der Waals surface area contributed by atoms with E-state index < -0.39 is 28.5 Å². The number of benzene rings is 3. The number of amides is 2. The first kappa shape index (κ1) is 28.8. The van der Waals surface area contributed by atoms with Crippen molar-refractivity contribution in [2.45, 2.75) is 31.3 Å². The van der Waals surface area contributed by atoms with Crippen molar-refractivity contribution in [3.63, 3.8) is 0 Å². The van der Waals surface area contributed by atoms with Crippen molar-refractivity contribution >= 4 is 62.3 Å². The first-order valence-electron chi connectivity index (χ1n) is 11.4. The highest BCUT2D eigenvalue weighted by molar-refractivity contribution is 7.92. The van der Waals surface area contributed by atoms with Gasteiger partial charge < -0.3 is 10.2 Å². The van der Waals surface area contributed by atoms with Gasteiger partial charge in [-0.2, -0.15) is 0 Å². The number of hydrogen-bond acceptors (Lipinski definition) is 4. The molecule has 0 saturated heterocycles. The maximum absolute atomic E-state index is 13.8. The summed E-state index contributed by atoms with van der Waals surface area (Å²) in [6.07, 6.45) is 0. The average molecular weight is 583 g/mol. The number of nitrogens with zero attached hydrogens (tertiary/aromatic N) is 2. The van der Waals surface area contributed by atoms with Crippen LogP contribution in [0.1, 0.15) is 19.4 Å². The van der Waals surface area contributed by atoms with E-state index in [2.05, 4.69) is 5.32 Å². The van der Waals surface area contributed by atoms with Crippen molar-refractivity contribution in [2.75, 3.05) is 17.4 Å². The third-order valence-electron chi connectivity index (χ3n) is 5.59. The van der Waals surface area contributed by atoms with E-state index >= 15 is 0 Å². The molecular formula is C26H26Cl3N3O4S. The lowest BCUT2D eigenvalue weighted by atomic mass is 10.1. The van der Waals surface area contributed by atoms with Crippen molar-refractivity contribution in [2.24, 2.45) is 0 Å². The number of likely N-dealkylation sites (N-methyl/N-ethyl adjacent to an activating group) is 1. The molecule has 0 aliphatic heterocycles. The molecule has 0 aliphatic carbocycles. The van der Waals surface area contributed by atoms with Crippen LogP contribution in [0.2, 0.25) is 15.1 Å². The first-order chi connectivity index (χ1) is 17.6. The predicted molar refractivity (Wildman–Crippen MR) is 148 cm³/mol. The van der Waals surface area contributed by atoms with E-state index in [0.717, 1.165) is 4.31 Å². The van der Waals surface area contributed by atoms with Crippen LogP contribution in [0.15, 0.2) is 77.7 Å². The van der Waals surface area contributed by atoms with Gasteiger partial charge >= 0.3 is 0 Å². The van der Waals surface area contributed by atoms with E-state index in [-0.39, 0.29) is 33.1 Å². The van der Waals surface area contributed by atoms with Gasteiger partial charge in [-0.05, 0) is 55.8 Å². The molecule has 1 unspecified atom stereocenters. The van der Waals surface area contributed by atoms with Crippen molar-refractivity contribution in [3.8, 4) is 0 Å². The fourth-order valence-electron chi connectivity index (χ4n) is 3.61. The summed E-state index contributed by atoms with van der Waals surface area (Å²) in [6, 6.07) is 18.2. The fourth-order valence-corrected chi connectivity index (χ4v) is 5.63. The Labute approximate surface area is 232 Å². The molecule has 196 valence electrons. The lowest BCUT2D eigenvalue weighted by molar-refractivity contribution is -0.139. The molecule has 7 nitrogen and oxygen atoms in total. The Morgan fingerprint density at radius 3 is 2.19 bits per heavy atom. The zero-order valence-electron chi connectivity index (χ0n) is 20.2. The van der Waals surface area contributed by atoms with E-state index in [4.69, 9.17) is 34.8 Å². The minimum Gasteiger partial charge on any atom is -0.355 e. The molecule has 3 rings (SSSR count). The highest BCUT2D eigenvalue weighted by Gasteiger charge is 2.33. The molecule has 0 aromatic heterocycles. The van der Waals surface area contributed by atoms with Gasteiger partial charge in [-0.15, -0.1) is 0 Å². The molecule has 2 amide bonds. The zero-order chi connectivity index (χ0) is 27.2. The third-order valence-corrected chi connectivity index (χ3v) is 8.43. The summed E-state index contributed by atoms with van der Waals surface area (Å²) in [5.74, 6) is -0.979. The number of carbonyl (C=O) groups excluding carboxylic acids is 2. The minimum absolute atomic E-state index is 0.0162. The van der Waals surface area contributed by atoms with Crippen molar-refractivity contribution in [3.05, 3.63) is 93.4 Å². The second-order valence-electron chi connectivity index (χ2n) is 8.12. The summed E-state index contributed by atoms with van der Waals surface area (Å²) in [4.78, 5) is 27.8. The van der Waals surface area contributed by atoms with Crippen LogP contribution >= 0.6 is 34.8 Å². The zero-order valence-corrected chi connectivity index (χ0v) is 23.3. The van der Waals surface area contributed by atoms with Gasteiger partial charge in [-0.1, -0.05) is 71.2 Å². The standard InChI is InChI=1S/C26H26Cl3N3O4S/c1-3-30-26(34)18(2)31(16-19-12-14-20(27)15-13-19)24(33)17-32(23-11-7-10-22(28)25(23)29)37(35,36)21-8-5-4-6-9-21/h4-15,18H,3,16-17H2,1-2H3,(H,30,34). The lowest BCUT2D eigenvalue weighted by Crippen LogP contribution is -2.51.